The minimum absolute atomic E-state index is 0.357. The van der Waals surface area contributed by atoms with E-state index in [4.69, 9.17) is 20.8 Å². The molecule has 0 radical (unpaired) electrons. The summed E-state index contributed by atoms with van der Waals surface area (Å²) in [6.45, 7) is 5.42. The number of ether oxygens (including phenoxy) is 1. The molecule has 0 spiro atoms. The zero-order valence-corrected chi connectivity index (χ0v) is 10.5. The van der Waals surface area contributed by atoms with Gasteiger partial charge in [0.1, 0.15) is 11.9 Å². The molecule has 5 heteroatoms. The molecule has 2 rings (SSSR count). The van der Waals surface area contributed by atoms with Crippen LogP contribution in [0.4, 0.5) is 0 Å². The Kier molecular flexibility index (Phi) is 2.83. The van der Waals surface area contributed by atoms with Gasteiger partial charge in [0, 0.05) is 6.20 Å². The lowest BCUT2D eigenvalue weighted by Gasteiger charge is -2.19. The quantitative estimate of drug-likeness (QED) is 0.731. The molecule has 0 amide bonds. The van der Waals surface area contributed by atoms with Gasteiger partial charge in [-0.15, -0.1) is 0 Å². The van der Waals surface area contributed by atoms with Crippen LogP contribution in [0.15, 0.2) is 22.9 Å². The van der Waals surface area contributed by atoms with Crippen LogP contribution in [0.3, 0.4) is 0 Å². The van der Waals surface area contributed by atoms with Crippen LogP contribution in [0.25, 0.3) is 11.1 Å². The van der Waals surface area contributed by atoms with E-state index in [1.54, 1.807) is 6.07 Å². The number of halogens is 1. The molecule has 2 aromatic heterocycles. The molecule has 0 aliphatic carbocycles. The molecule has 0 saturated carbocycles. The molecule has 4 nitrogen and oxygen atoms in total. The van der Waals surface area contributed by atoms with E-state index in [0.29, 0.717) is 21.7 Å². The molecule has 0 saturated heterocycles. The van der Waals surface area contributed by atoms with E-state index in [2.05, 4.69) is 4.98 Å². The third-order valence-electron chi connectivity index (χ3n) is 2.02. The van der Waals surface area contributed by atoms with Crippen LogP contribution in [0.5, 0.6) is 0 Å². The summed E-state index contributed by atoms with van der Waals surface area (Å²) in [5, 5.41) is 1.04. The Morgan fingerprint density at radius 1 is 1.47 bits per heavy atom. The Balaban J connectivity index is 2.36. The van der Waals surface area contributed by atoms with Gasteiger partial charge >= 0.3 is 5.97 Å². The first-order valence-electron chi connectivity index (χ1n) is 5.13. The second-order valence-corrected chi connectivity index (χ2v) is 5.07. The fourth-order valence-electron chi connectivity index (χ4n) is 1.34. The standard InChI is InChI=1S/C12H12ClNO3/c1-12(2,3)17-11(15)7-4-8-9(13)6-16-10(8)14-5-7/h4-6H,1-3H3. The van der Waals surface area contributed by atoms with Gasteiger partial charge in [-0.05, 0) is 26.8 Å². The molecule has 90 valence electrons. The van der Waals surface area contributed by atoms with Crippen LogP contribution in [0.1, 0.15) is 31.1 Å². The van der Waals surface area contributed by atoms with E-state index >= 15 is 0 Å². The maximum absolute atomic E-state index is 11.8. The lowest BCUT2D eigenvalue weighted by atomic mass is 10.2. The molecule has 0 aliphatic heterocycles. The number of hydrogen-bond acceptors (Lipinski definition) is 4. The van der Waals surface area contributed by atoms with Crippen molar-refractivity contribution in [2.45, 2.75) is 26.4 Å². The Labute approximate surface area is 104 Å². The van der Waals surface area contributed by atoms with Crippen molar-refractivity contribution in [2.75, 3.05) is 0 Å². The fourth-order valence-corrected chi connectivity index (χ4v) is 1.52. The summed E-state index contributed by atoms with van der Waals surface area (Å²) < 4.78 is 10.3. The Morgan fingerprint density at radius 2 is 2.18 bits per heavy atom. The predicted molar refractivity (Wildman–Crippen MR) is 64.2 cm³/mol. The number of rotatable bonds is 1. The normalized spacial score (nSPS) is 11.8. The molecule has 2 heterocycles. The number of esters is 1. The van der Waals surface area contributed by atoms with Crippen molar-refractivity contribution < 1.29 is 13.9 Å². The average Bonchev–Trinajstić information content (AvgIpc) is 2.57. The van der Waals surface area contributed by atoms with Crippen LogP contribution in [-0.2, 0) is 4.74 Å². The Hall–Kier alpha value is -1.55. The minimum Gasteiger partial charge on any atom is -0.456 e. The summed E-state index contributed by atoms with van der Waals surface area (Å²) in [5.41, 5.74) is 0.227. The monoisotopic (exact) mass is 253 g/mol. The van der Waals surface area contributed by atoms with E-state index in [0.717, 1.165) is 0 Å². The van der Waals surface area contributed by atoms with Crippen LogP contribution in [-0.4, -0.2) is 16.6 Å². The first-order valence-corrected chi connectivity index (χ1v) is 5.51. The molecule has 0 aliphatic rings. The highest BCUT2D eigenvalue weighted by atomic mass is 35.5. The molecule has 0 N–H and O–H groups in total. The zero-order chi connectivity index (χ0) is 12.6. The van der Waals surface area contributed by atoms with Crippen molar-refractivity contribution >= 4 is 28.7 Å². The second-order valence-electron chi connectivity index (χ2n) is 4.66. The zero-order valence-electron chi connectivity index (χ0n) is 9.78. The van der Waals surface area contributed by atoms with Crippen molar-refractivity contribution in [1.82, 2.24) is 4.98 Å². The molecule has 0 unspecified atom stereocenters. The molecular formula is C12H12ClNO3. The molecule has 2 aromatic rings. The summed E-state index contributed by atoms with van der Waals surface area (Å²) in [4.78, 5) is 15.8. The molecule has 0 aromatic carbocycles. The minimum atomic E-state index is -0.535. The summed E-state index contributed by atoms with van der Waals surface area (Å²) in [6.07, 6.45) is 2.80. The number of nitrogens with zero attached hydrogens (tertiary/aromatic N) is 1. The lowest BCUT2D eigenvalue weighted by Crippen LogP contribution is -2.23. The number of aromatic nitrogens is 1. The fraction of sp³-hybridized carbons (Fsp3) is 0.333. The van der Waals surface area contributed by atoms with Crippen LogP contribution < -0.4 is 0 Å². The highest BCUT2D eigenvalue weighted by Crippen LogP contribution is 2.25. The van der Waals surface area contributed by atoms with Crippen molar-refractivity contribution in [3.8, 4) is 0 Å². The molecule has 17 heavy (non-hydrogen) atoms. The van der Waals surface area contributed by atoms with Gasteiger partial charge in [0.25, 0.3) is 0 Å². The predicted octanol–water partition coefficient (Wildman–Crippen LogP) is 3.44. The molecule has 0 fully saturated rings. The summed E-state index contributed by atoms with van der Waals surface area (Å²) in [7, 11) is 0. The van der Waals surface area contributed by atoms with Gasteiger partial charge in [0.2, 0.25) is 5.71 Å². The molecular weight excluding hydrogens is 242 g/mol. The third-order valence-corrected chi connectivity index (χ3v) is 2.31. The summed E-state index contributed by atoms with van der Waals surface area (Å²) in [6, 6.07) is 1.61. The van der Waals surface area contributed by atoms with Gasteiger partial charge in [0.15, 0.2) is 0 Å². The van der Waals surface area contributed by atoms with Gasteiger partial charge in [-0.3, -0.25) is 0 Å². The number of carbonyl (C=O) groups excluding carboxylic acids is 1. The average molecular weight is 254 g/mol. The highest BCUT2D eigenvalue weighted by Gasteiger charge is 2.19. The van der Waals surface area contributed by atoms with E-state index in [1.807, 2.05) is 20.8 Å². The van der Waals surface area contributed by atoms with E-state index in [9.17, 15) is 4.79 Å². The van der Waals surface area contributed by atoms with Gasteiger partial charge < -0.3 is 9.15 Å². The summed E-state index contributed by atoms with van der Waals surface area (Å²) in [5.74, 6) is -0.427. The van der Waals surface area contributed by atoms with Crippen molar-refractivity contribution in [2.24, 2.45) is 0 Å². The maximum Gasteiger partial charge on any atom is 0.340 e. The first kappa shape index (κ1) is 11.9. The van der Waals surface area contributed by atoms with Crippen molar-refractivity contribution in [1.29, 1.82) is 0 Å². The summed E-state index contributed by atoms with van der Waals surface area (Å²) >= 11 is 5.90. The van der Waals surface area contributed by atoms with Gasteiger partial charge in [0.05, 0.1) is 16.0 Å². The SMILES string of the molecule is CC(C)(C)OC(=O)c1cnc2occ(Cl)c2c1. The highest BCUT2D eigenvalue weighted by molar-refractivity contribution is 6.35. The number of pyridine rings is 1. The topological polar surface area (TPSA) is 52.3 Å². The largest absolute Gasteiger partial charge is 0.456 e. The Morgan fingerprint density at radius 3 is 2.82 bits per heavy atom. The number of carbonyl (C=O) groups is 1. The number of fused-ring (bicyclic) bond motifs is 1. The molecule has 0 atom stereocenters. The van der Waals surface area contributed by atoms with E-state index in [1.165, 1.54) is 12.5 Å². The van der Waals surface area contributed by atoms with Gasteiger partial charge in [-0.25, -0.2) is 9.78 Å². The van der Waals surface area contributed by atoms with E-state index < -0.39 is 11.6 Å². The van der Waals surface area contributed by atoms with Crippen molar-refractivity contribution in [3.05, 3.63) is 29.1 Å². The smallest absolute Gasteiger partial charge is 0.340 e. The van der Waals surface area contributed by atoms with Crippen LogP contribution >= 0.6 is 11.6 Å². The van der Waals surface area contributed by atoms with Gasteiger partial charge in [-0.2, -0.15) is 0 Å². The Bertz CT molecular complexity index is 569. The maximum atomic E-state index is 11.8. The lowest BCUT2D eigenvalue weighted by molar-refractivity contribution is 0.00693. The van der Waals surface area contributed by atoms with E-state index in [-0.39, 0.29) is 0 Å². The van der Waals surface area contributed by atoms with Crippen LogP contribution in [0, 0.1) is 0 Å². The number of furan rings is 1. The van der Waals surface area contributed by atoms with Crippen molar-refractivity contribution in [3.63, 3.8) is 0 Å². The first-order chi connectivity index (χ1) is 7.87. The second kappa shape index (κ2) is 4.04. The number of hydrogen-bond donors (Lipinski definition) is 0. The third kappa shape index (κ3) is 2.58. The van der Waals surface area contributed by atoms with Gasteiger partial charge in [-0.1, -0.05) is 11.6 Å². The van der Waals surface area contributed by atoms with Crippen LogP contribution in [0.2, 0.25) is 5.02 Å². The molecule has 0 bridgehead atoms.